The Bertz CT molecular complexity index is 3850. The van der Waals surface area contributed by atoms with Gasteiger partial charge in [-0.25, -0.2) is 28.9 Å². The van der Waals surface area contributed by atoms with Gasteiger partial charge in [-0.05, 0) is 16.7 Å². The summed E-state index contributed by atoms with van der Waals surface area (Å²) in [6.07, 6.45) is -5.33. The summed E-state index contributed by atoms with van der Waals surface area (Å²) in [4.78, 5) is 143. The number of esters is 3. The Balaban J connectivity index is 0.000000248. The number of amides is 4. The SMILES string of the molecule is CC(C)C(=O)Nc1nc2c(ncn2[C@H]2C[C@@H](OC(=O)NCC(=O)OCc3ccccc3)[C@@H](CO)O2)c(=O)[nH]1.CC(C)C(=O)Nc1nc2c(ncn2[C@H]2C[C@@H](OC(=O)NCC(=O)OCc3ccccc3)[C@@H](COP(=O)(O)OCC(=O)OCc3ccccc3)O2)c(=O)[nH]1. The van der Waals surface area contributed by atoms with E-state index in [0.29, 0.717) is 5.56 Å². The zero-order valence-corrected chi connectivity index (χ0v) is 50.2. The average Bonchev–Trinajstić information content (AvgIpc) is 1.67. The summed E-state index contributed by atoms with van der Waals surface area (Å²) < 4.78 is 63.4. The number of phosphoric ester groups is 1. The molecule has 0 saturated carbocycles. The van der Waals surface area contributed by atoms with E-state index in [-0.39, 0.29) is 78.7 Å². The molecule has 0 radical (unpaired) electrons. The summed E-state index contributed by atoms with van der Waals surface area (Å²) in [6, 6.07) is 26.7. The van der Waals surface area contributed by atoms with Gasteiger partial charge >= 0.3 is 37.9 Å². The molecule has 7 aromatic rings. The molecular weight excluding hydrogens is 1220 g/mol. The topological polar surface area (TPSA) is 435 Å². The standard InChI is InChI=1S/C33H37N6O13P.C24H28N6O8/c1-20(2)30(42)37-32-36-29-28(31(43)38-32)35-19-39(29)25-13-23(52-33(44)34-14-26(40)47-15-21-9-5-3-6-10-21)24(51-25)17-49-53(45,46)50-18-27(41)48-16-22-11-7-4-8-12-22;1-13(2)21(33)28-23-27-20-19(22(34)29-23)26-12-30(20)17-8-15(16(10-31)37-17)38-24(35)25-9-18(32)36-11-14-6-4-3-5-7-14/h3-12,19-20,23-25H,13-18H2,1-2H3,(H,34,44)(H,45,46)(H2,36,37,38,42,43);3-7,12-13,15-17,31H,8-11H2,1-2H3,(H,25,35)(H2,27,28,29,33,34)/t23-,24-,25-;15-,16-,17-/m11/s1. The largest absolute Gasteiger partial charge is 0.472 e. The van der Waals surface area contributed by atoms with Crippen LogP contribution in [0.15, 0.2) is 113 Å². The van der Waals surface area contributed by atoms with E-state index in [1.165, 1.54) is 21.8 Å². The number of nitrogens with one attached hydrogen (secondary N) is 6. The van der Waals surface area contributed by atoms with Crippen molar-refractivity contribution >= 4 is 84.0 Å². The molecule has 7 atom stereocenters. The van der Waals surface area contributed by atoms with Crippen LogP contribution in [0.1, 0.15) is 69.7 Å². The summed E-state index contributed by atoms with van der Waals surface area (Å²) >= 11 is 0. The lowest BCUT2D eigenvalue weighted by Gasteiger charge is -2.20. The highest BCUT2D eigenvalue weighted by molar-refractivity contribution is 7.47. The van der Waals surface area contributed by atoms with Gasteiger partial charge in [-0.1, -0.05) is 119 Å². The average molecular weight is 1290 g/mol. The summed E-state index contributed by atoms with van der Waals surface area (Å²) in [5, 5.41) is 19.4. The molecule has 4 amide bonds. The van der Waals surface area contributed by atoms with Gasteiger partial charge in [-0.3, -0.25) is 67.6 Å². The number of imidazole rings is 2. The molecule has 34 heteroatoms. The lowest BCUT2D eigenvalue weighted by molar-refractivity contribution is -0.148. The Morgan fingerprint density at radius 1 is 0.604 bits per heavy atom. The number of aromatic nitrogens is 8. The molecule has 0 spiro atoms. The van der Waals surface area contributed by atoms with Crippen molar-refractivity contribution in [3.63, 3.8) is 0 Å². The summed E-state index contributed by atoms with van der Waals surface area (Å²) in [5.74, 6) is -4.00. The van der Waals surface area contributed by atoms with E-state index in [2.05, 4.69) is 51.2 Å². The minimum atomic E-state index is -4.88. The maximum atomic E-state index is 12.8. The van der Waals surface area contributed by atoms with Crippen LogP contribution in [0.25, 0.3) is 22.3 Å². The number of hydrogen-bond donors (Lipinski definition) is 8. The Labute approximate surface area is 516 Å². The Kier molecular flexibility index (Phi) is 23.3. The van der Waals surface area contributed by atoms with E-state index in [1.807, 2.05) is 24.3 Å². The molecular formula is C57H65N12O21P. The van der Waals surface area contributed by atoms with Gasteiger partial charge in [0.05, 0.1) is 25.9 Å². The number of aromatic amines is 2. The van der Waals surface area contributed by atoms with Crippen LogP contribution in [0.4, 0.5) is 21.5 Å². The first-order valence-electron chi connectivity index (χ1n) is 28.2. The predicted molar refractivity (Wildman–Crippen MR) is 314 cm³/mol. The number of rotatable bonds is 25. The molecule has 0 bridgehead atoms. The number of fused-ring (bicyclic) bond motifs is 2. The highest BCUT2D eigenvalue weighted by atomic mass is 31.2. The Hall–Kier alpha value is -9.76. The van der Waals surface area contributed by atoms with Crippen molar-refractivity contribution in [2.45, 2.75) is 97.2 Å². The zero-order valence-electron chi connectivity index (χ0n) is 49.3. The second-order valence-electron chi connectivity index (χ2n) is 20.7. The van der Waals surface area contributed by atoms with E-state index >= 15 is 0 Å². The molecule has 9 rings (SSSR count). The zero-order chi connectivity index (χ0) is 65.2. The molecule has 3 aromatic carbocycles. The van der Waals surface area contributed by atoms with Gasteiger partial charge in [0.25, 0.3) is 11.1 Å². The van der Waals surface area contributed by atoms with Crippen LogP contribution in [-0.4, -0.2) is 148 Å². The molecule has 0 aliphatic carbocycles. The van der Waals surface area contributed by atoms with E-state index in [9.17, 15) is 57.7 Å². The molecule has 2 aliphatic rings. The second kappa shape index (κ2) is 31.6. The highest BCUT2D eigenvalue weighted by Gasteiger charge is 2.43. The fourth-order valence-electron chi connectivity index (χ4n) is 8.56. The van der Waals surface area contributed by atoms with Gasteiger partial charge in [0, 0.05) is 24.7 Å². The number of ether oxygens (including phenoxy) is 7. The van der Waals surface area contributed by atoms with Crippen LogP contribution < -0.4 is 32.4 Å². The van der Waals surface area contributed by atoms with Crippen molar-refractivity contribution in [1.29, 1.82) is 0 Å². The number of nitrogens with zero attached hydrogens (tertiary/aromatic N) is 6. The number of anilines is 2. The third-order valence-corrected chi connectivity index (χ3v) is 14.2. The van der Waals surface area contributed by atoms with E-state index in [0.717, 1.165) is 11.1 Å². The summed E-state index contributed by atoms with van der Waals surface area (Å²) in [7, 11) is -4.88. The quantitative estimate of drug-likeness (QED) is 0.0230. The van der Waals surface area contributed by atoms with Gasteiger partial charge in [0.2, 0.25) is 23.7 Å². The van der Waals surface area contributed by atoms with Crippen molar-refractivity contribution in [2.75, 3.05) is 43.5 Å². The maximum Gasteiger partial charge on any atom is 0.472 e. The minimum absolute atomic E-state index is 0.00826. The number of hydrogen-bond acceptors (Lipinski definition) is 24. The smallest absolute Gasteiger partial charge is 0.460 e. The van der Waals surface area contributed by atoms with Crippen molar-refractivity contribution in [1.82, 2.24) is 49.7 Å². The lowest BCUT2D eigenvalue weighted by Crippen LogP contribution is -2.37. The third kappa shape index (κ3) is 19.4. The number of benzene rings is 3. The first-order valence-corrected chi connectivity index (χ1v) is 29.7. The van der Waals surface area contributed by atoms with Crippen LogP contribution >= 0.6 is 7.82 Å². The molecule has 4 aromatic heterocycles. The van der Waals surface area contributed by atoms with Crippen LogP contribution in [0.5, 0.6) is 0 Å². The molecule has 484 valence electrons. The van der Waals surface area contributed by atoms with Gasteiger partial charge < -0.3 is 53.8 Å². The van der Waals surface area contributed by atoms with Crippen molar-refractivity contribution in [3.8, 4) is 0 Å². The molecule has 8 N–H and O–H groups in total. The molecule has 2 saturated heterocycles. The van der Waals surface area contributed by atoms with E-state index in [4.69, 9.17) is 42.2 Å². The van der Waals surface area contributed by atoms with Crippen molar-refractivity contribution in [2.24, 2.45) is 11.8 Å². The molecule has 33 nitrogen and oxygen atoms in total. The number of aliphatic hydroxyl groups is 1. The molecule has 1 unspecified atom stereocenters. The number of phosphoric acid groups is 1. The van der Waals surface area contributed by atoms with Crippen LogP contribution in [-0.2, 0) is 90.6 Å². The number of alkyl carbamates (subject to hydrolysis) is 2. The number of aliphatic hydroxyl groups excluding tert-OH is 1. The number of carbonyl (C=O) groups is 7. The van der Waals surface area contributed by atoms with E-state index in [1.54, 1.807) is 94.4 Å². The minimum Gasteiger partial charge on any atom is -0.460 e. The fraction of sp³-hybridized carbons (Fsp3) is 0.386. The van der Waals surface area contributed by atoms with Gasteiger partial charge in [0.1, 0.15) is 69.8 Å². The Morgan fingerprint density at radius 3 is 1.41 bits per heavy atom. The van der Waals surface area contributed by atoms with Gasteiger partial charge in [0.15, 0.2) is 28.9 Å². The first-order chi connectivity index (χ1) is 43.6. The highest BCUT2D eigenvalue weighted by Crippen LogP contribution is 2.45. The summed E-state index contributed by atoms with van der Waals surface area (Å²) in [5.41, 5.74) is 1.11. The van der Waals surface area contributed by atoms with E-state index < -0.39 is 131 Å². The predicted octanol–water partition coefficient (Wildman–Crippen LogP) is 3.55. The maximum absolute atomic E-state index is 12.8. The van der Waals surface area contributed by atoms with Gasteiger partial charge in [-0.15, -0.1) is 0 Å². The molecule has 2 fully saturated rings. The third-order valence-electron chi connectivity index (χ3n) is 13.3. The molecule has 2 aliphatic heterocycles. The van der Waals surface area contributed by atoms with Crippen LogP contribution in [0, 0.1) is 11.8 Å². The number of H-pyrrole nitrogens is 2. The molecule has 6 heterocycles. The van der Waals surface area contributed by atoms with Crippen LogP contribution in [0.3, 0.4) is 0 Å². The molecule has 91 heavy (non-hydrogen) atoms. The lowest BCUT2D eigenvalue weighted by atomic mass is 10.2. The second-order valence-corrected chi connectivity index (χ2v) is 22.2. The summed E-state index contributed by atoms with van der Waals surface area (Å²) in [6.45, 7) is 3.69. The number of carbonyl (C=O) groups excluding carboxylic acids is 7. The van der Waals surface area contributed by atoms with Crippen molar-refractivity contribution in [3.05, 3.63) is 141 Å². The Morgan fingerprint density at radius 2 is 1.00 bits per heavy atom. The first kappa shape index (κ1) is 67.2. The normalized spacial score (nSPS) is 18.3. The fourth-order valence-corrected chi connectivity index (χ4v) is 9.24. The van der Waals surface area contributed by atoms with Gasteiger partial charge in [-0.2, -0.15) is 9.97 Å². The van der Waals surface area contributed by atoms with Crippen molar-refractivity contribution < 1.29 is 90.3 Å². The monoisotopic (exact) mass is 1280 g/mol. The van der Waals surface area contributed by atoms with Crippen LogP contribution in [0.2, 0.25) is 0 Å².